The summed E-state index contributed by atoms with van der Waals surface area (Å²) in [5.41, 5.74) is 3.65. The molecular weight excluding hydrogens is 434 g/mol. The van der Waals surface area contributed by atoms with E-state index in [1.165, 1.54) is 0 Å². The molecule has 0 amide bonds. The molecule has 1 atom stereocenters. The van der Waals surface area contributed by atoms with Gasteiger partial charge in [0.1, 0.15) is 12.4 Å². The number of benzene rings is 2. The molecule has 9 heteroatoms. The van der Waals surface area contributed by atoms with Gasteiger partial charge in [-0.2, -0.15) is 4.98 Å². The molecular formula is C25H33N5O4. The van der Waals surface area contributed by atoms with Crippen molar-refractivity contribution in [1.82, 2.24) is 15.2 Å². The van der Waals surface area contributed by atoms with Crippen LogP contribution in [-0.4, -0.2) is 47.0 Å². The molecule has 3 aromatic rings. The van der Waals surface area contributed by atoms with E-state index in [0.29, 0.717) is 24.3 Å². The maximum atomic E-state index is 11.3. The SMILES string of the molecule is COCc1nc(Nc2cc([C@H](C)CC(=O)O)ccc2N(CC(C)C)c2ccc(OC)cc2)n[nH]1. The zero-order valence-corrected chi connectivity index (χ0v) is 20.3. The van der Waals surface area contributed by atoms with E-state index >= 15 is 0 Å². The van der Waals surface area contributed by atoms with E-state index in [1.54, 1.807) is 14.2 Å². The Labute approximate surface area is 200 Å². The molecule has 0 aliphatic rings. The van der Waals surface area contributed by atoms with Crippen molar-refractivity contribution >= 4 is 29.0 Å². The van der Waals surface area contributed by atoms with Gasteiger partial charge in [-0.25, -0.2) is 0 Å². The Balaban J connectivity index is 2.05. The minimum atomic E-state index is -0.830. The number of nitrogens with one attached hydrogen (secondary N) is 2. The second kappa shape index (κ2) is 11.5. The number of rotatable bonds is 12. The number of methoxy groups -OCH3 is 2. The Kier molecular flexibility index (Phi) is 8.48. The number of aromatic amines is 1. The summed E-state index contributed by atoms with van der Waals surface area (Å²) in [4.78, 5) is 18.0. The van der Waals surface area contributed by atoms with Gasteiger partial charge in [0.25, 0.3) is 0 Å². The highest BCUT2D eigenvalue weighted by Gasteiger charge is 2.19. The summed E-state index contributed by atoms with van der Waals surface area (Å²) in [5.74, 6) is 1.21. The number of H-pyrrole nitrogens is 1. The lowest BCUT2D eigenvalue weighted by atomic mass is 9.96. The smallest absolute Gasteiger partial charge is 0.303 e. The summed E-state index contributed by atoms with van der Waals surface area (Å²) in [6, 6.07) is 13.9. The van der Waals surface area contributed by atoms with Crippen molar-refractivity contribution in [1.29, 1.82) is 0 Å². The summed E-state index contributed by atoms with van der Waals surface area (Å²) in [6.07, 6.45) is 0.0472. The molecule has 0 saturated carbocycles. The van der Waals surface area contributed by atoms with Gasteiger partial charge in [0.2, 0.25) is 5.95 Å². The first-order valence-corrected chi connectivity index (χ1v) is 11.2. The Bertz CT molecular complexity index is 1080. The Morgan fingerprint density at radius 1 is 1.15 bits per heavy atom. The third kappa shape index (κ3) is 6.48. The summed E-state index contributed by atoms with van der Waals surface area (Å²) in [6.45, 7) is 7.33. The van der Waals surface area contributed by atoms with E-state index < -0.39 is 5.97 Å². The van der Waals surface area contributed by atoms with E-state index in [1.807, 2.05) is 49.4 Å². The van der Waals surface area contributed by atoms with Gasteiger partial charge in [-0.1, -0.05) is 26.8 Å². The summed E-state index contributed by atoms with van der Waals surface area (Å²) in [7, 11) is 3.24. The molecule has 1 heterocycles. The molecule has 0 bridgehead atoms. The number of aromatic nitrogens is 3. The highest BCUT2D eigenvalue weighted by atomic mass is 16.5. The molecule has 34 heavy (non-hydrogen) atoms. The average molecular weight is 468 g/mol. The van der Waals surface area contributed by atoms with Gasteiger partial charge in [-0.05, 0) is 53.8 Å². The van der Waals surface area contributed by atoms with Crippen LogP contribution in [0.3, 0.4) is 0 Å². The van der Waals surface area contributed by atoms with Crippen molar-refractivity contribution in [2.75, 3.05) is 31.0 Å². The number of anilines is 4. The predicted octanol–water partition coefficient (Wildman–Crippen LogP) is 5.08. The lowest BCUT2D eigenvalue weighted by Crippen LogP contribution is -2.23. The molecule has 0 aliphatic heterocycles. The quantitative estimate of drug-likeness (QED) is 0.338. The zero-order chi connectivity index (χ0) is 24.7. The van der Waals surface area contributed by atoms with Crippen molar-refractivity contribution < 1.29 is 19.4 Å². The monoisotopic (exact) mass is 467 g/mol. The number of nitrogens with zero attached hydrogens (tertiary/aromatic N) is 3. The summed E-state index contributed by atoms with van der Waals surface area (Å²) in [5, 5.41) is 19.7. The Hall–Kier alpha value is -3.59. The van der Waals surface area contributed by atoms with Crippen LogP contribution in [0.5, 0.6) is 5.75 Å². The maximum Gasteiger partial charge on any atom is 0.303 e. The number of ether oxygens (including phenoxy) is 2. The van der Waals surface area contributed by atoms with E-state index in [2.05, 4.69) is 39.2 Å². The molecule has 182 valence electrons. The summed E-state index contributed by atoms with van der Waals surface area (Å²) < 4.78 is 10.5. The molecule has 9 nitrogen and oxygen atoms in total. The predicted molar refractivity (Wildman–Crippen MR) is 132 cm³/mol. The first-order chi connectivity index (χ1) is 16.3. The fraction of sp³-hybridized carbons (Fsp3) is 0.400. The van der Waals surface area contributed by atoms with E-state index in [0.717, 1.165) is 34.9 Å². The van der Waals surface area contributed by atoms with Crippen molar-refractivity contribution in [2.24, 2.45) is 5.92 Å². The number of carboxylic acids is 1. The molecule has 3 N–H and O–H groups in total. The number of hydrogen-bond donors (Lipinski definition) is 3. The molecule has 0 spiro atoms. The van der Waals surface area contributed by atoms with Crippen LogP contribution in [0.1, 0.15) is 44.5 Å². The van der Waals surface area contributed by atoms with Crippen LogP contribution >= 0.6 is 0 Å². The molecule has 0 unspecified atom stereocenters. The minimum absolute atomic E-state index is 0.0472. The largest absolute Gasteiger partial charge is 0.497 e. The van der Waals surface area contributed by atoms with Crippen LogP contribution in [0.4, 0.5) is 23.0 Å². The second-order valence-corrected chi connectivity index (χ2v) is 8.64. The lowest BCUT2D eigenvalue weighted by Gasteiger charge is -2.29. The van der Waals surface area contributed by atoms with Gasteiger partial charge < -0.3 is 24.8 Å². The first-order valence-electron chi connectivity index (χ1n) is 11.2. The van der Waals surface area contributed by atoms with E-state index in [-0.39, 0.29) is 12.3 Å². The second-order valence-electron chi connectivity index (χ2n) is 8.64. The van der Waals surface area contributed by atoms with Crippen molar-refractivity contribution in [3.8, 4) is 5.75 Å². The average Bonchev–Trinajstić information content (AvgIpc) is 3.24. The molecule has 3 rings (SSSR count). The lowest BCUT2D eigenvalue weighted by molar-refractivity contribution is -0.137. The first kappa shape index (κ1) is 25.0. The van der Waals surface area contributed by atoms with E-state index in [4.69, 9.17) is 9.47 Å². The van der Waals surface area contributed by atoms with Gasteiger partial charge in [0.15, 0.2) is 5.82 Å². The van der Waals surface area contributed by atoms with Gasteiger partial charge in [0.05, 0.1) is 24.9 Å². The fourth-order valence-corrected chi connectivity index (χ4v) is 3.72. The van der Waals surface area contributed by atoms with E-state index in [9.17, 15) is 9.90 Å². The molecule has 1 aromatic heterocycles. The molecule has 2 aromatic carbocycles. The summed E-state index contributed by atoms with van der Waals surface area (Å²) >= 11 is 0. The van der Waals surface area contributed by atoms with Crippen LogP contribution in [0, 0.1) is 5.92 Å². The Morgan fingerprint density at radius 2 is 1.88 bits per heavy atom. The molecule has 0 aliphatic carbocycles. The number of carbonyl (C=O) groups is 1. The van der Waals surface area contributed by atoms with Crippen LogP contribution in [-0.2, 0) is 16.1 Å². The van der Waals surface area contributed by atoms with Crippen LogP contribution in [0.2, 0.25) is 0 Å². The van der Waals surface area contributed by atoms with Crippen molar-refractivity contribution in [2.45, 2.75) is 39.7 Å². The number of hydrogen-bond acceptors (Lipinski definition) is 7. The third-order valence-electron chi connectivity index (χ3n) is 5.35. The normalized spacial score (nSPS) is 11.9. The van der Waals surface area contributed by atoms with Gasteiger partial charge >= 0.3 is 5.97 Å². The van der Waals surface area contributed by atoms with Crippen molar-refractivity contribution in [3.05, 3.63) is 53.9 Å². The van der Waals surface area contributed by atoms with Crippen LogP contribution < -0.4 is 15.0 Å². The number of aliphatic carboxylic acids is 1. The van der Waals surface area contributed by atoms with Crippen molar-refractivity contribution in [3.63, 3.8) is 0 Å². The van der Waals surface area contributed by atoms with Gasteiger partial charge in [0, 0.05) is 19.3 Å². The fourth-order valence-electron chi connectivity index (χ4n) is 3.72. The Morgan fingerprint density at radius 3 is 2.50 bits per heavy atom. The number of carboxylic acid groups (broad SMARTS) is 1. The third-order valence-corrected chi connectivity index (χ3v) is 5.35. The highest BCUT2D eigenvalue weighted by molar-refractivity contribution is 5.80. The van der Waals surface area contributed by atoms with Crippen LogP contribution in [0.15, 0.2) is 42.5 Å². The minimum Gasteiger partial charge on any atom is -0.497 e. The van der Waals surface area contributed by atoms with Crippen LogP contribution in [0.25, 0.3) is 0 Å². The standard InChI is InChI=1S/C25H33N5O4/c1-16(2)14-30(19-7-9-20(34-5)10-8-19)22-11-6-18(17(3)12-24(31)32)13-21(22)26-25-27-23(15-33-4)28-29-25/h6-11,13,16-17H,12,14-15H2,1-5H3,(H,31,32)(H2,26,27,28,29)/t17-/m1/s1. The maximum absolute atomic E-state index is 11.3. The van der Waals surface area contributed by atoms with Gasteiger partial charge in [-0.3, -0.25) is 9.89 Å². The van der Waals surface area contributed by atoms with Gasteiger partial charge in [-0.15, -0.1) is 5.10 Å². The molecule has 0 fully saturated rings. The molecule has 0 saturated heterocycles. The zero-order valence-electron chi connectivity index (χ0n) is 20.3. The topological polar surface area (TPSA) is 113 Å². The highest BCUT2D eigenvalue weighted by Crippen LogP contribution is 2.37. The molecule has 0 radical (unpaired) electrons.